The highest BCUT2D eigenvalue weighted by Gasteiger charge is 2.29. The van der Waals surface area contributed by atoms with Gasteiger partial charge in [-0.05, 0) is 25.0 Å². The first-order valence-corrected chi connectivity index (χ1v) is 7.48. The summed E-state index contributed by atoms with van der Waals surface area (Å²) < 4.78 is 44.3. The molecule has 1 saturated heterocycles. The Morgan fingerprint density at radius 1 is 1.47 bits per heavy atom. The Bertz CT molecular complexity index is 562. The van der Waals surface area contributed by atoms with Crippen LogP contribution in [-0.2, 0) is 10.0 Å². The van der Waals surface area contributed by atoms with Crippen LogP contribution in [0.4, 0.5) is 4.39 Å². The highest BCUT2D eigenvalue weighted by Crippen LogP contribution is 2.25. The Hall–Kier alpha value is -1.18. The third-order valence-corrected chi connectivity index (χ3v) is 5.04. The molecule has 0 aliphatic carbocycles. The average Bonchev–Trinajstić information content (AvgIpc) is 2.39. The second kappa shape index (κ2) is 5.44. The molecule has 0 amide bonds. The van der Waals surface area contributed by atoms with Crippen LogP contribution in [0.25, 0.3) is 0 Å². The van der Waals surface area contributed by atoms with Crippen molar-refractivity contribution in [1.82, 2.24) is 4.31 Å². The Kier molecular flexibility index (Phi) is 4.07. The van der Waals surface area contributed by atoms with Gasteiger partial charge in [0, 0.05) is 25.2 Å². The minimum Gasteiger partial charge on any atom is -0.494 e. The molecule has 0 spiro atoms. The molecular weight excluding hydrogens is 271 g/mol. The van der Waals surface area contributed by atoms with Crippen LogP contribution in [0.15, 0.2) is 23.1 Å². The molecule has 1 aliphatic heterocycles. The molecule has 2 rings (SSSR count). The Morgan fingerprint density at radius 3 is 2.84 bits per heavy atom. The number of methoxy groups -OCH3 is 1. The molecule has 1 heterocycles. The van der Waals surface area contributed by atoms with Crippen LogP contribution in [0.3, 0.4) is 0 Å². The van der Waals surface area contributed by atoms with Crippen molar-refractivity contribution in [3.8, 4) is 5.75 Å². The van der Waals surface area contributed by atoms with Gasteiger partial charge in [0.05, 0.1) is 12.0 Å². The monoisotopic (exact) mass is 288 g/mol. The van der Waals surface area contributed by atoms with E-state index in [4.69, 9.17) is 10.5 Å². The van der Waals surface area contributed by atoms with E-state index in [2.05, 4.69) is 0 Å². The van der Waals surface area contributed by atoms with Gasteiger partial charge in [0.25, 0.3) is 0 Å². The van der Waals surface area contributed by atoms with E-state index in [-0.39, 0.29) is 16.7 Å². The van der Waals surface area contributed by atoms with Crippen molar-refractivity contribution in [3.63, 3.8) is 0 Å². The zero-order valence-electron chi connectivity index (χ0n) is 10.7. The molecule has 0 bridgehead atoms. The molecule has 1 aromatic carbocycles. The van der Waals surface area contributed by atoms with Gasteiger partial charge in [-0.1, -0.05) is 0 Å². The number of piperidine rings is 1. The fraction of sp³-hybridized carbons (Fsp3) is 0.500. The molecule has 2 N–H and O–H groups in total. The van der Waals surface area contributed by atoms with Gasteiger partial charge in [0.2, 0.25) is 10.0 Å². The van der Waals surface area contributed by atoms with Gasteiger partial charge in [-0.2, -0.15) is 4.31 Å². The van der Waals surface area contributed by atoms with Crippen molar-refractivity contribution in [3.05, 3.63) is 24.0 Å². The largest absolute Gasteiger partial charge is 0.494 e. The average molecular weight is 288 g/mol. The van der Waals surface area contributed by atoms with E-state index in [0.717, 1.165) is 18.9 Å². The molecular formula is C12H17FN2O3S. The second-order valence-corrected chi connectivity index (χ2v) is 6.50. The lowest BCUT2D eigenvalue weighted by atomic mass is 10.1. The van der Waals surface area contributed by atoms with Crippen LogP contribution >= 0.6 is 0 Å². The topological polar surface area (TPSA) is 72.6 Å². The molecule has 1 aliphatic rings. The second-order valence-electron chi connectivity index (χ2n) is 4.56. The maximum atomic E-state index is 13.3. The van der Waals surface area contributed by atoms with E-state index in [0.29, 0.717) is 13.1 Å². The molecule has 0 aromatic heterocycles. The maximum absolute atomic E-state index is 13.3. The molecule has 1 atom stereocenters. The molecule has 0 saturated carbocycles. The Balaban J connectivity index is 2.33. The predicted octanol–water partition coefficient (Wildman–Crippen LogP) is 0.946. The lowest BCUT2D eigenvalue weighted by Crippen LogP contribution is -2.45. The molecule has 0 radical (unpaired) electrons. The fourth-order valence-electron chi connectivity index (χ4n) is 2.14. The van der Waals surface area contributed by atoms with Crippen molar-refractivity contribution >= 4 is 10.0 Å². The van der Waals surface area contributed by atoms with Crippen molar-refractivity contribution in [1.29, 1.82) is 0 Å². The van der Waals surface area contributed by atoms with E-state index < -0.39 is 15.8 Å². The first kappa shape index (κ1) is 14.2. The van der Waals surface area contributed by atoms with E-state index >= 15 is 0 Å². The highest BCUT2D eigenvalue weighted by atomic mass is 32.2. The van der Waals surface area contributed by atoms with Gasteiger partial charge in [0.15, 0.2) is 11.6 Å². The van der Waals surface area contributed by atoms with Gasteiger partial charge in [0.1, 0.15) is 0 Å². The smallest absolute Gasteiger partial charge is 0.243 e. The van der Waals surface area contributed by atoms with Gasteiger partial charge < -0.3 is 10.5 Å². The van der Waals surface area contributed by atoms with Crippen LogP contribution in [0.5, 0.6) is 5.75 Å². The van der Waals surface area contributed by atoms with E-state index in [1.165, 1.54) is 23.5 Å². The molecule has 19 heavy (non-hydrogen) atoms. The van der Waals surface area contributed by atoms with Crippen LogP contribution < -0.4 is 10.5 Å². The third-order valence-electron chi connectivity index (χ3n) is 3.18. The van der Waals surface area contributed by atoms with Crippen molar-refractivity contribution < 1.29 is 17.5 Å². The fourth-order valence-corrected chi connectivity index (χ4v) is 3.69. The van der Waals surface area contributed by atoms with Crippen molar-refractivity contribution in [2.24, 2.45) is 5.73 Å². The van der Waals surface area contributed by atoms with E-state index in [1.807, 2.05) is 0 Å². The first-order chi connectivity index (χ1) is 8.95. The summed E-state index contributed by atoms with van der Waals surface area (Å²) in [6.45, 7) is 0.734. The lowest BCUT2D eigenvalue weighted by Gasteiger charge is -2.29. The summed E-state index contributed by atoms with van der Waals surface area (Å²) >= 11 is 0. The van der Waals surface area contributed by atoms with Crippen LogP contribution in [0, 0.1) is 5.82 Å². The normalized spacial score (nSPS) is 21.3. The first-order valence-electron chi connectivity index (χ1n) is 6.04. The number of ether oxygens (including phenoxy) is 1. The number of nitrogens with two attached hydrogens (primary N) is 1. The Morgan fingerprint density at radius 2 is 2.21 bits per heavy atom. The summed E-state index contributed by atoms with van der Waals surface area (Å²) in [5, 5.41) is 0. The Labute approximate surface area is 112 Å². The molecule has 7 heteroatoms. The summed E-state index contributed by atoms with van der Waals surface area (Å²) in [6.07, 6.45) is 1.55. The van der Waals surface area contributed by atoms with Crippen LogP contribution in [-0.4, -0.2) is 39.0 Å². The molecule has 1 unspecified atom stereocenters. The lowest BCUT2D eigenvalue weighted by molar-refractivity contribution is 0.315. The highest BCUT2D eigenvalue weighted by molar-refractivity contribution is 7.89. The summed E-state index contributed by atoms with van der Waals surface area (Å²) in [4.78, 5) is 0.0276. The predicted molar refractivity (Wildman–Crippen MR) is 68.9 cm³/mol. The number of hydrogen-bond donors (Lipinski definition) is 1. The number of halogens is 1. The molecule has 1 fully saturated rings. The summed E-state index contributed by atoms with van der Waals surface area (Å²) in [6, 6.07) is 3.39. The molecule has 1 aromatic rings. The van der Waals surface area contributed by atoms with Gasteiger partial charge in [-0.25, -0.2) is 12.8 Å². The quantitative estimate of drug-likeness (QED) is 0.898. The third kappa shape index (κ3) is 2.88. The van der Waals surface area contributed by atoms with Crippen molar-refractivity contribution in [2.45, 2.75) is 23.8 Å². The van der Waals surface area contributed by atoms with E-state index in [9.17, 15) is 12.8 Å². The van der Waals surface area contributed by atoms with Crippen LogP contribution in [0.1, 0.15) is 12.8 Å². The zero-order valence-corrected chi connectivity index (χ0v) is 11.5. The summed E-state index contributed by atoms with van der Waals surface area (Å²) in [5.74, 6) is -0.667. The van der Waals surface area contributed by atoms with Gasteiger partial charge >= 0.3 is 0 Å². The van der Waals surface area contributed by atoms with Gasteiger partial charge in [-0.15, -0.1) is 0 Å². The number of rotatable bonds is 3. The molecule has 106 valence electrons. The summed E-state index contributed by atoms with van der Waals surface area (Å²) in [7, 11) is -2.34. The zero-order chi connectivity index (χ0) is 14.0. The maximum Gasteiger partial charge on any atom is 0.243 e. The standard InChI is InChI=1S/C12H17FN2O3S/c1-18-12-7-10(4-5-11(12)13)19(16,17)15-6-2-3-9(14)8-15/h4-5,7,9H,2-3,6,8,14H2,1H3. The van der Waals surface area contributed by atoms with Crippen molar-refractivity contribution in [2.75, 3.05) is 20.2 Å². The van der Waals surface area contributed by atoms with Crippen LogP contribution in [0.2, 0.25) is 0 Å². The van der Waals surface area contributed by atoms with Gasteiger partial charge in [-0.3, -0.25) is 0 Å². The number of nitrogens with zero attached hydrogens (tertiary/aromatic N) is 1. The number of benzene rings is 1. The molecule has 5 nitrogen and oxygen atoms in total. The number of hydrogen-bond acceptors (Lipinski definition) is 4. The van der Waals surface area contributed by atoms with E-state index in [1.54, 1.807) is 0 Å². The minimum atomic E-state index is -3.64. The SMILES string of the molecule is COc1cc(S(=O)(=O)N2CCCC(N)C2)ccc1F. The number of sulfonamides is 1. The summed E-state index contributed by atoms with van der Waals surface area (Å²) in [5.41, 5.74) is 5.79. The minimum absolute atomic E-state index is 0.0276.